The molecule has 0 aliphatic carbocycles. The topological polar surface area (TPSA) is 44.1 Å². The molecule has 2 aromatic carbocycles. The average Bonchev–Trinajstić information content (AvgIpc) is 2.62. The zero-order chi connectivity index (χ0) is 17.8. The Hall–Kier alpha value is -2.27. The van der Waals surface area contributed by atoms with Gasteiger partial charge in [-0.2, -0.15) is 0 Å². The molecule has 1 heterocycles. The van der Waals surface area contributed by atoms with Crippen molar-refractivity contribution in [2.75, 3.05) is 12.9 Å². The van der Waals surface area contributed by atoms with Gasteiger partial charge in [-0.3, -0.25) is 9.36 Å². The van der Waals surface area contributed by atoms with Gasteiger partial charge in [0.2, 0.25) is 0 Å². The van der Waals surface area contributed by atoms with Crippen LogP contribution in [0.15, 0.2) is 58.5 Å². The molecular formula is C20H22N2O2S. The van der Waals surface area contributed by atoms with Gasteiger partial charge in [-0.15, -0.1) is 0 Å². The van der Waals surface area contributed by atoms with Crippen molar-refractivity contribution in [2.24, 2.45) is 0 Å². The lowest BCUT2D eigenvalue weighted by atomic mass is 10.2. The summed E-state index contributed by atoms with van der Waals surface area (Å²) in [6, 6.07) is 15.7. The van der Waals surface area contributed by atoms with E-state index in [-0.39, 0.29) is 11.6 Å². The van der Waals surface area contributed by atoms with Gasteiger partial charge in [0.25, 0.3) is 5.56 Å². The second-order valence-corrected chi connectivity index (χ2v) is 7.19. The van der Waals surface area contributed by atoms with Crippen molar-refractivity contribution < 1.29 is 4.74 Å². The number of nitrogens with zero attached hydrogens (tertiary/aromatic N) is 2. The number of ether oxygens (including phenoxy) is 1. The van der Waals surface area contributed by atoms with E-state index in [1.165, 1.54) is 5.56 Å². The summed E-state index contributed by atoms with van der Waals surface area (Å²) in [5, 5.41) is 1.46. The van der Waals surface area contributed by atoms with Crippen molar-refractivity contribution in [1.29, 1.82) is 0 Å². The molecule has 25 heavy (non-hydrogen) atoms. The van der Waals surface area contributed by atoms with Crippen LogP contribution in [0, 0.1) is 0 Å². The number of benzene rings is 2. The summed E-state index contributed by atoms with van der Waals surface area (Å²) >= 11 is 1.63. The van der Waals surface area contributed by atoms with E-state index >= 15 is 0 Å². The van der Waals surface area contributed by atoms with Gasteiger partial charge < -0.3 is 4.74 Å². The lowest BCUT2D eigenvalue weighted by Crippen LogP contribution is -2.25. The fourth-order valence-corrected chi connectivity index (χ4v) is 3.85. The van der Waals surface area contributed by atoms with E-state index < -0.39 is 0 Å². The number of fused-ring (bicyclic) bond motifs is 1. The molecule has 0 N–H and O–H groups in total. The second kappa shape index (κ2) is 7.74. The minimum absolute atomic E-state index is 0.0348. The maximum absolute atomic E-state index is 12.8. The molecule has 0 unspecified atom stereocenters. The van der Waals surface area contributed by atoms with Crippen LogP contribution < -0.4 is 10.3 Å². The smallest absolute Gasteiger partial charge is 0.262 e. The Morgan fingerprint density at radius 2 is 1.84 bits per heavy atom. The quantitative estimate of drug-likeness (QED) is 0.488. The first-order valence-electron chi connectivity index (χ1n) is 8.37. The van der Waals surface area contributed by atoms with Crippen LogP contribution in [0.2, 0.25) is 0 Å². The molecule has 0 atom stereocenters. The number of aromatic nitrogens is 2. The molecule has 3 aromatic rings. The molecule has 4 nitrogen and oxygen atoms in total. The Morgan fingerprint density at radius 1 is 1.12 bits per heavy atom. The maximum atomic E-state index is 12.8. The molecule has 0 spiro atoms. The van der Waals surface area contributed by atoms with Gasteiger partial charge in [0, 0.05) is 11.8 Å². The highest BCUT2D eigenvalue weighted by molar-refractivity contribution is 7.99. The molecule has 0 radical (unpaired) electrons. The van der Waals surface area contributed by atoms with Gasteiger partial charge in [0.05, 0.1) is 18.0 Å². The molecule has 3 rings (SSSR count). The zero-order valence-corrected chi connectivity index (χ0v) is 15.5. The van der Waals surface area contributed by atoms with E-state index in [1.54, 1.807) is 23.4 Å². The van der Waals surface area contributed by atoms with Crippen molar-refractivity contribution in [3.05, 3.63) is 64.4 Å². The maximum Gasteiger partial charge on any atom is 0.262 e. The normalized spacial score (nSPS) is 11.2. The Labute approximate surface area is 151 Å². The number of hydrogen-bond donors (Lipinski definition) is 0. The predicted octanol–water partition coefficient (Wildman–Crippen LogP) is 4.32. The number of thioether (sulfide) groups is 1. The van der Waals surface area contributed by atoms with Crippen LogP contribution >= 0.6 is 11.8 Å². The summed E-state index contributed by atoms with van der Waals surface area (Å²) in [5.41, 5.74) is 2.04. The molecule has 0 amide bonds. The van der Waals surface area contributed by atoms with Crippen molar-refractivity contribution in [2.45, 2.75) is 31.5 Å². The summed E-state index contributed by atoms with van der Waals surface area (Å²) in [6.07, 6.45) is 0.912. The molecular weight excluding hydrogens is 332 g/mol. The highest BCUT2D eigenvalue weighted by Crippen LogP contribution is 2.22. The number of para-hydroxylation sites is 1. The van der Waals surface area contributed by atoms with Crippen LogP contribution in [-0.2, 0) is 6.42 Å². The highest BCUT2D eigenvalue weighted by atomic mass is 32.2. The van der Waals surface area contributed by atoms with Crippen LogP contribution in [-0.4, -0.2) is 22.4 Å². The largest absolute Gasteiger partial charge is 0.497 e. The first-order valence-corrected chi connectivity index (χ1v) is 9.35. The Kier molecular flexibility index (Phi) is 5.43. The minimum atomic E-state index is 0.0348. The van der Waals surface area contributed by atoms with E-state index in [9.17, 15) is 4.79 Å². The summed E-state index contributed by atoms with van der Waals surface area (Å²) in [7, 11) is 1.67. The number of rotatable bonds is 6. The molecule has 0 aliphatic heterocycles. The minimum Gasteiger partial charge on any atom is -0.497 e. The van der Waals surface area contributed by atoms with E-state index in [0.717, 1.165) is 28.6 Å². The van der Waals surface area contributed by atoms with E-state index in [4.69, 9.17) is 9.72 Å². The summed E-state index contributed by atoms with van der Waals surface area (Å²) < 4.78 is 6.98. The fourth-order valence-electron chi connectivity index (χ4n) is 2.74. The lowest BCUT2D eigenvalue weighted by molar-refractivity contribution is 0.414. The SMILES string of the molecule is COc1ccc(CCSc2nc3ccccc3c(=O)n2C(C)C)cc1. The van der Waals surface area contributed by atoms with Gasteiger partial charge in [-0.25, -0.2) is 4.98 Å². The van der Waals surface area contributed by atoms with Crippen LogP contribution in [0.25, 0.3) is 10.9 Å². The van der Waals surface area contributed by atoms with Gasteiger partial charge in [-0.05, 0) is 50.1 Å². The van der Waals surface area contributed by atoms with Crippen LogP contribution in [0.3, 0.4) is 0 Å². The standard InChI is InChI=1S/C20H22N2O2S/c1-14(2)22-19(23)17-6-4-5-7-18(17)21-20(22)25-13-12-15-8-10-16(24-3)11-9-15/h4-11,14H,12-13H2,1-3H3. The third-order valence-electron chi connectivity index (χ3n) is 4.07. The third kappa shape index (κ3) is 3.87. The van der Waals surface area contributed by atoms with E-state index in [2.05, 4.69) is 12.1 Å². The fraction of sp³-hybridized carbons (Fsp3) is 0.300. The molecule has 130 valence electrons. The molecule has 0 aliphatic rings. The predicted molar refractivity (Wildman–Crippen MR) is 104 cm³/mol. The molecule has 1 aromatic heterocycles. The molecule has 0 saturated heterocycles. The zero-order valence-electron chi connectivity index (χ0n) is 14.7. The number of methoxy groups -OCH3 is 1. The molecule has 0 bridgehead atoms. The van der Waals surface area contributed by atoms with E-state index in [0.29, 0.717) is 5.39 Å². The molecule has 0 saturated carbocycles. The van der Waals surface area contributed by atoms with Crippen molar-refractivity contribution in [3.8, 4) is 5.75 Å². The van der Waals surface area contributed by atoms with Gasteiger partial charge >= 0.3 is 0 Å². The Morgan fingerprint density at radius 3 is 2.52 bits per heavy atom. The summed E-state index contributed by atoms with van der Waals surface area (Å²) in [6.45, 7) is 4.04. The van der Waals surface area contributed by atoms with Crippen LogP contribution in [0.5, 0.6) is 5.75 Å². The van der Waals surface area contributed by atoms with E-state index in [1.807, 2.05) is 50.2 Å². The van der Waals surface area contributed by atoms with Crippen LogP contribution in [0.1, 0.15) is 25.5 Å². The van der Waals surface area contributed by atoms with Gasteiger partial charge in [0.1, 0.15) is 5.75 Å². The Balaban J connectivity index is 1.82. The highest BCUT2D eigenvalue weighted by Gasteiger charge is 2.13. The summed E-state index contributed by atoms with van der Waals surface area (Å²) in [4.78, 5) is 17.5. The Bertz CT molecular complexity index is 917. The third-order valence-corrected chi connectivity index (χ3v) is 5.03. The molecule has 5 heteroatoms. The van der Waals surface area contributed by atoms with Gasteiger partial charge in [-0.1, -0.05) is 36.0 Å². The van der Waals surface area contributed by atoms with Crippen molar-refractivity contribution >= 4 is 22.7 Å². The number of aryl methyl sites for hydroxylation is 1. The molecule has 0 fully saturated rings. The average molecular weight is 354 g/mol. The second-order valence-electron chi connectivity index (χ2n) is 6.13. The number of hydrogen-bond acceptors (Lipinski definition) is 4. The van der Waals surface area contributed by atoms with Gasteiger partial charge in [0.15, 0.2) is 5.16 Å². The summed E-state index contributed by atoms with van der Waals surface area (Å²) in [5.74, 6) is 1.73. The first kappa shape index (κ1) is 17.5. The lowest BCUT2D eigenvalue weighted by Gasteiger charge is -2.16. The van der Waals surface area contributed by atoms with Crippen LogP contribution in [0.4, 0.5) is 0 Å². The first-order chi connectivity index (χ1) is 12.1. The monoisotopic (exact) mass is 354 g/mol. The van der Waals surface area contributed by atoms with Crippen molar-refractivity contribution in [3.63, 3.8) is 0 Å². The van der Waals surface area contributed by atoms with Crippen molar-refractivity contribution in [1.82, 2.24) is 9.55 Å².